The molecule has 1 amide bonds. The molecule has 0 bridgehead atoms. The number of aryl methyl sites for hydroxylation is 1. The van der Waals surface area contributed by atoms with E-state index in [2.05, 4.69) is 9.88 Å². The molecule has 170 valence electrons. The van der Waals surface area contributed by atoms with Gasteiger partial charge in [0, 0.05) is 37.5 Å². The normalized spacial score (nSPS) is 10.5. The van der Waals surface area contributed by atoms with Gasteiger partial charge in [0.25, 0.3) is 5.91 Å². The molecule has 8 heteroatoms. The summed E-state index contributed by atoms with van der Waals surface area (Å²) in [5, 5.41) is 10.8. The maximum absolute atomic E-state index is 12.6. The van der Waals surface area contributed by atoms with Crippen molar-refractivity contribution in [2.24, 2.45) is 12.8 Å². The molecule has 0 atom stereocenters. The molecule has 0 spiro atoms. The first-order valence-electron chi connectivity index (χ1n) is 10.4. The molecule has 0 saturated carbocycles. The number of nitrogens with two attached hydrogens (primary N) is 1. The molecule has 4 rings (SSSR count). The van der Waals surface area contributed by atoms with Gasteiger partial charge in [-0.15, -0.1) is 12.4 Å². The van der Waals surface area contributed by atoms with Crippen LogP contribution < -0.4 is 11.1 Å². The number of amidine groups is 1. The number of imidazole rings is 1. The summed E-state index contributed by atoms with van der Waals surface area (Å²) in [5.74, 6) is 0.952. The number of nitrogen functional groups attached to an aromatic ring is 1. The molecule has 0 radical (unpaired) electrons. The third-order valence-corrected chi connectivity index (χ3v) is 5.47. The van der Waals surface area contributed by atoms with Crippen molar-refractivity contribution in [3.8, 4) is 0 Å². The van der Waals surface area contributed by atoms with Gasteiger partial charge in [-0.3, -0.25) is 10.2 Å². The lowest BCUT2D eigenvalue weighted by molar-refractivity contribution is 0.0785. The highest BCUT2D eigenvalue weighted by Crippen LogP contribution is 2.19. The fourth-order valence-corrected chi connectivity index (χ4v) is 3.65. The van der Waals surface area contributed by atoms with Crippen LogP contribution in [0.25, 0.3) is 11.0 Å². The van der Waals surface area contributed by atoms with Gasteiger partial charge >= 0.3 is 0 Å². The zero-order chi connectivity index (χ0) is 22.7. The van der Waals surface area contributed by atoms with Gasteiger partial charge in [-0.1, -0.05) is 24.3 Å². The summed E-state index contributed by atoms with van der Waals surface area (Å²) in [5.41, 5.74) is 10.8. The second kappa shape index (κ2) is 10.2. The van der Waals surface area contributed by atoms with Gasteiger partial charge in [0.05, 0.1) is 17.6 Å². The average molecular weight is 463 g/mol. The predicted molar refractivity (Wildman–Crippen MR) is 135 cm³/mol. The molecule has 0 fully saturated rings. The number of nitrogens with zero attached hydrogens (tertiary/aromatic N) is 3. The molecule has 0 aliphatic rings. The van der Waals surface area contributed by atoms with Crippen LogP contribution in [-0.4, -0.2) is 33.2 Å². The summed E-state index contributed by atoms with van der Waals surface area (Å²) in [6, 6.07) is 22.9. The van der Waals surface area contributed by atoms with E-state index in [0.29, 0.717) is 24.2 Å². The Hall–Kier alpha value is -3.84. The van der Waals surface area contributed by atoms with Crippen molar-refractivity contribution >= 4 is 40.9 Å². The van der Waals surface area contributed by atoms with E-state index in [0.717, 1.165) is 28.1 Å². The molecule has 0 aliphatic carbocycles. The monoisotopic (exact) mass is 462 g/mol. The predicted octanol–water partition coefficient (Wildman–Crippen LogP) is 4.16. The van der Waals surface area contributed by atoms with Crippen LogP contribution in [0.1, 0.15) is 27.3 Å². The lowest BCUT2D eigenvalue weighted by Crippen LogP contribution is -2.26. The number of amides is 1. The lowest BCUT2D eigenvalue weighted by Gasteiger charge is -2.17. The number of anilines is 1. The van der Waals surface area contributed by atoms with Gasteiger partial charge in [-0.25, -0.2) is 4.98 Å². The maximum atomic E-state index is 12.6. The van der Waals surface area contributed by atoms with Gasteiger partial charge in [-0.2, -0.15) is 0 Å². The summed E-state index contributed by atoms with van der Waals surface area (Å²) in [6.07, 6.45) is 0. The molecular weight excluding hydrogens is 436 g/mol. The van der Waals surface area contributed by atoms with Crippen molar-refractivity contribution < 1.29 is 4.79 Å². The highest BCUT2D eigenvalue weighted by molar-refractivity contribution is 5.95. The quantitative estimate of drug-likeness (QED) is 0.283. The number of carbonyl (C=O) groups excluding carboxylic acids is 1. The largest absolute Gasteiger partial charge is 0.384 e. The van der Waals surface area contributed by atoms with Crippen LogP contribution in [0.4, 0.5) is 5.69 Å². The van der Waals surface area contributed by atoms with E-state index in [1.165, 1.54) is 0 Å². The van der Waals surface area contributed by atoms with Crippen molar-refractivity contribution in [3.05, 3.63) is 95.3 Å². The van der Waals surface area contributed by atoms with Crippen LogP contribution in [0, 0.1) is 5.41 Å². The Balaban J connectivity index is 0.00000306. The van der Waals surface area contributed by atoms with E-state index in [4.69, 9.17) is 16.1 Å². The Morgan fingerprint density at radius 3 is 2.42 bits per heavy atom. The zero-order valence-corrected chi connectivity index (χ0v) is 19.4. The fourth-order valence-electron chi connectivity index (χ4n) is 3.65. The van der Waals surface area contributed by atoms with Gasteiger partial charge in [0.2, 0.25) is 0 Å². The van der Waals surface area contributed by atoms with Gasteiger partial charge in [0.1, 0.15) is 11.7 Å². The van der Waals surface area contributed by atoms with Crippen molar-refractivity contribution in [2.75, 3.05) is 12.4 Å². The standard InChI is InChI=1S/C25H26N6O.ClH/c1-30(25(32)19-6-4-3-5-7-19)16-17-8-13-22-21(14-17)29-23(31(22)2)15-28-20-11-9-18(10-12-20)24(26)27;/h3-14,28H,15-16H2,1-2H3,(H3,26,27);1H. The summed E-state index contributed by atoms with van der Waals surface area (Å²) < 4.78 is 2.06. The summed E-state index contributed by atoms with van der Waals surface area (Å²) in [4.78, 5) is 19.1. The van der Waals surface area contributed by atoms with Gasteiger partial charge < -0.3 is 20.5 Å². The smallest absolute Gasteiger partial charge is 0.253 e. The molecule has 7 nitrogen and oxygen atoms in total. The Bertz CT molecular complexity index is 1270. The van der Waals surface area contributed by atoms with Crippen LogP contribution in [0.15, 0.2) is 72.8 Å². The Kier molecular flexibility index (Phi) is 7.35. The van der Waals surface area contributed by atoms with E-state index in [9.17, 15) is 4.79 Å². The molecule has 1 aromatic heterocycles. The Morgan fingerprint density at radius 2 is 1.76 bits per heavy atom. The fraction of sp³-hybridized carbons (Fsp3) is 0.160. The molecule has 0 unspecified atom stereocenters. The second-order valence-corrected chi connectivity index (χ2v) is 7.78. The number of hydrogen-bond donors (Lipinski definition) is 3. The average Bonchev–Trinajstić information content (AvgIpc) is 3.12. The molecule has 4 N–H and O–H groups in total. The van der Waals surface area contributed by atoms with Crippen molar-refractivity contribution in [2.45, 2.75) is 13.1 Å². The molecule has 1 heterocycles. The Labute approximate surface area is 199 Å². The third kappa shape index (κ3) is 5.32. The first-order chi connectivity index (χ1) is 15.4. The highest BCUT2D eigenvalue weighted by Gasteiger charge is 2.13. The maximum Gasteiger partial charge on any atom is 0.253 e. The number of halogens is 1. The lowest BCUT2D eigenvalue weighted by atomic mass is 10.1. The number of benzene rings is 3. The van der Waals surface area contributed by atoms with Gasteiger partial charge in [-0.05, 0) is 54.1 Å². The molecule has 3 aromatic carbocycles. The van der Waals surface area contributed by atoms with Crippen LogP contribution in [0.2, 0.25) is 0 Å². The third-order valence-electron chi connectivity index (χ3n) is 5.47. The number of carbonyl (C=O) groups is 1. The number of fused-ring (bicyclic) bond motifs is 1. The van der Waals surface area contributed by atoms with Crippen molar-refractivity contribution in [3.63, 3.8) is 0 Å². The minimum Gasteiger partial charge on any atom is -0.384 e. The Morgan fingerprint density at radius 1 is 1.06 bits per heavy atom. The number of rotatable bonds is 7. The minimum atomic E-state index is -0.00704. The number of hydrogen-bond acceptors (Lipinski definition) is 4. The van der Waals surface area contributed by atoms with Crippen LogP contribution >= 0.6 is 12.4 Å². The molecule has 0 aliphatic heterocycles. The highest BCUT2D eigenvalue weighted by atomic mass is 35.5. The first kappa shape index (κ1) is 23.8. The van der Waals surface area contributed by atoms with Crippen LogP contribution in [0.5, 0.6) is 0 Å². The van der Waals surface area contributed by atoms with E-state index in [1.54, 1.807) is 4.90 Å². The van der Waals surface area contributed by atoms with Crippen LogP contribution in [-0.2, 0) is 20.1 Å². The van der Waals surface area contributed by atoms with Crippen molar-refractivity contribution in [1.82, 2.24) is 14.5 Å². The van der Waals surface area contributed by atoms with Crippen molar-refractivity contribution in [1.29, 1.82) is 5.41 Å². The summed E-state index contributed by atoms with van der Waals surface area (Å²) in [7, 11) is 3.81. The molecule has 4 aromatic rings. The summed E-state index contributed by atoms with van der Waals surface area (Å²) in [6.45, 7) is 1.07. The first-order valence-corrected chi connectivity index (χ1v) is 10.4. The number of aromatic nitrogens is 2. The van der Waals surface area contributed by atoms with E-state index < -0.39 is 0 Å². The van der Waals surface area contributed by atoms with Gasteiger partial charge in [0.15, 0.2) is 0 Å². The molecule has 33 heavy (non-hydrogen) atoms. The topological polar surface area (TPSA) is 100 Å². The molecular formula is C25H27ClN6O. The van der Waals surface area contributed by atoms with Crippen LogP contribution in [0.3, 0.4) is 0 Å². The minimum absolute atomic E-state index is 0. The van der Waals surface area contributed by atoms with E-state index in [-0.39, 0.29) is 24.1 Å². The molecule has 0 saturated heterocycles. The SMILES string of the molecule is CN(Cc1ccc2c(c1)nc(CNc1ccc(C(=N)N)cc1)n2C)C(=O)c1ccccc1.Cl. The van der Waals surface area contributed by atoms with E-state index >= 15 is 0 Å². The number of nitrogens with one attached hydrogen (secondary N) is 2. The van der Waals surface area contributed by atoms with E-state index in [1.807, 2.05) is 86.9 Å². The second-order valence-electron chi connectivity index (χ2n) is 7.78. The zero-order valence-electron chi connectivity index (χ0n) is 18.6. The summed E-state index contributed by atoms with van der Waals surface area (Å²) >= 11 is 0.